The number of pyridine rings is 1. The molecule has 0 saturated carbocycles. The number of carboxylic acid groups (broad SMARTS) is 1. The molecule has 2 atom stereocenters. The number of aliphatic carboxylic acids is 1. The molecule has 22 heavy (non-hydrogen) atoms. The number of hydrogen-bond acceptors (Lipinski definition) is 3. The van der Waals surface area contributed by atoms with Crippen molar-refractivity contribution < 1.29 is 32.3 Å². The van der Waals surface area contributed by atoms with Crippen molar-refractivity contribution in [1.29, 1.82) is 0 Å². The first kappa shape index (κ1) is 16.0. The minimum atomic E-state index is -4.74. The van der Waals surface area contributed by atoms with E-state index in [1.807, 2.05) is 0 Å². The average molecular weight is 321 g/mol. The van der Waals surface area contributed by atoms with Gasteiger partial charge in [-0.1, -0.05) is 0 Å². The molecule has 0 unspecified atom stereocenters. The number of carbonyl (C=O) groups excluding carboxylic acids is 1. The maximum Gasteiger partial charge on any atom is 0.394 e. The van der Waals surface area contributed by atoms with Gasteiger partial charge in [0.2, 0.25) is 0 Å². The number of urea groups is 1. The number of amides is 2. The third-order valence-electron chi connectivity index (χ3n) is 3.36. The number of rotatable bonds is 2. The maximum atomic E-state index is 13.3. The minimum absolute atomic E-state index is 0.248. The Morgan fingerprint density at radius 2 is 2.05 bits per heavy atom. The van der Waals surface area contributed by atoms with Crippen LogP contribution < -0.4 is 5.32 Å². The third-order valence-corrected chi connectivity index (χ3v) is 3.36. The van der Waals surface area contributed by atoms with Gasteiger partial charge in [-0.15, -0.1) is 0 Å². The van der Waals surface area contributed by atoms with Gasteiger partial charge < -0.3 is 15.3 Å². The van der Waals surface area contributed by atoms with Gasteiger partial charge in [0.15, 0.2) is 5.82 Å². The van der Waals surface area contributed by atoms with E-state index in [9.17, 15) is 27.2 Å². The number of carboxylic acids is 1. The average Bonchev–Trinajstić information content (AvgIpc) is 2.86. The highest BCUT2D eigenvalue weighted by Crippen LogP contribution is 2.37. The molecule has 0 bridgehead atoms. The number of nitrogens with zero attached hydrogens (tertiary/aromatic N) is 2. The molecule has 1 aliphatic heterocycles. The lowest BCUT2D eigenvalue weighted by molar-refractivity contribution is -0.187. The van der Waals surface area contributed by atoms with Crippen LogP contribution in [0, 0.1) is 17.7 Å². The molecule has 2 amide bonds. The van der Waals surface area contributed by atoms with Crippen LogP contribution in [0.5, 0.6) is 0 Å². The minimum Gasteiger partial charge on any atom is -0.481 e. The van der Waals surface area contributed by atoms with Crippen molar-refractivity contribution in [3.05, 3.63) is 24.3 Å². The van der Waals surface area contributed by atoms with Gasteiger partial charge in [-0.25, -0.2) is 9.18 Å². The Bertz CT molecular complexity index is 593. The van der Waals surface area contributed by atoms with Gasteiger partial charge in [-0.2, -0.15) is 13.2 Å². The van der Waals surface area contributed by atoms with E-state index in [2.05, 4.69) is 10.3 Å². The normalized spacial score (nSPS) is 21.7. The Morgan fingerprint density at radius 1 is 1.36 bits per heavy atom. The molecule has 2 heterocycles. The number of halogens is 4. The molecule has 0 aromatic carbocycles. The van der Waals surface area contributed by atoms with Crippen LogP contribution in [0.2, 0.25) is 0 Å². The predicted molar refractivity (Wildman–Crippen MR) is 65.5 cm³/mol. The van der Waals surface area contributed by atoms with E-state index in [1.165, 1.54) is 6.20 Å². The van der Waals surface area contributed by atoms with E-state index >= 15 is 0 Å². The smallest absolute Gasteiger partial charge is 0.394 e. The van der Waals surface area contributed by atoms with Crippen LogP contribution in [0.1, 0.15) is 0 Å². The second-order valence-corrected chi connectivity index (χ2v) is 4.78. The van der Waals surface area contributed by atoms with E-state index < -0.39 is 48.9 Å². The SMILES string of the molecule is O=C(O)[C@@H]1CN(C(=O)Nc2ccncc2F)C[C@H]1C(F)(F)F. The fraction of sp³-hybridized carbons (Fsp3) is 0.417. The lowest BCUT2D eigenvalue weighted by Gasteiger charge is -2.18. The first-order valence-corrected chi connectivity index (χ1v) is 6.15. The maximum absolute atomic E-state index is 13.3. The van der Waals surface area contributed by atoms with Gasteiger partial charge in [-0.05, 0) is 6.07 Å². The van der Waals surface area contributed by atoms with E-state index in [0.717, 1.165) is 12.3 Å². The van der Waals surface area contributed by atoms with Gasteiger partial charge in [0.25, 0.3) is 0 Å². The Labute approximate surface area is 121 Å². The van der Waals surface area contributed by atoms with Crippen molar-refractivity contribution in [2.24, 2.45) is 11.8 Å². The zero-order valence-electron chi connectivity index (χ0n) is 11.0. The summed E-state index contributed by atoms with van der Waals surface area (Å²) in [6, 6.07) is 0.141. The molecule has 1 aromatic rings. The summed E-state index contributed by atoms with van der Waals surface area (Å²) in [5.74, 6) is -6.38. The van der Waals surface area contributed by atoms with Crippen LogP contribution in [0.4, 0.5) is 28.0 Å². The number of likely N-dealkylation sites (tertiary alicyclic amines) is 1. The van der Waals surface area contributed by atoms with Crippen molar-refractivity contribution in [2.75, 3.05) is 18.4 Å². The molecule has 1 aromatic heterocycles. The standard InChI is InChI=1S/C12H11F4N3O3/c13-8-3-17-2-1-9(8)18-11(22)19-4-6(10(20)21)7(5-19)12(14,15)16/h1-3,6-7H,4-5H2,(H,20,21)(H,17,18,22)/t6-,7-/m1/s1. The summed E-state index contributed by atoms with van der Waals surface area (Å²) in [4.78, 5) is 27.0. The first-order valence-electron chi connectivity index (χ1n) is 6.15. The molecule has 10 heteroatoms. The van der Waals surface area contributed by atoms with Crippen molar-refractivity contribution in [3.8, 4) is 0 Å². The zero-order valence-corrected chi connectivity index (χ0v) is 11.0. The number of aromatic nitrogens is 1. The van der Waals surface area contributed by atoms with Crippen molar-refractivity contribution >= 4 is 17.7 Å². The highest BCUT2D eigenvalue weighted by molar-refractivity contribution is 5.90. The van der Waals surface area contributed by atoms with Crippen molar-refractivity contribution in [1.82, 2.24) is 9.88 Å². The molecule has 0 spiro atoms. The molecule has 1 aliphatic rings. The van der Waals surface area contributed by atoms with Gasteiger partial charge in [-0.3, -0.25) is 9.78 Å². The Hall–Kier alpha value is -2.39. The fourth-order valence-corrected chi connectivity index (χ4v) is 2.22. The van der Waals surface area contributed by atoms with Gasteiger partial charge >= 0.3 is 18.2 Å². The highest BCUT2D eigenvalue weighted by Gasteiger charge is 2.53. The fourth-order valence-electron chi connectivity index (χ4n) is 2.22. The quantitative estimate of drug-likeness (QED) is 0.816. The lowest BCUT2D eigenvalue weighted by atomic mass is 9.96. The van der Waals surface area contributed by atoms with Crippen LogP contribution in [-0.2, 0) is 4.79 Å². The highest BCUT2D eigenvalue weighted by atomic mass is 19.4. The summed E-state index contributed by atoms with van der Waals surface area (Å²) in [7, 11) is 0. The summed E-state index contributed by atoms with van der Waals surface area (Å²) < 4.78 is 51.8. The Kier molecular flexibility index (Phi) is 4.20. The predicted octanol–water partition coefficient (Wildman–Crippen LogP) is 1.95. The summed E-state index contributed by atoms with van der Waals surface area (Å²) in [5.41, 5.74) is -0.248. The van der Waals surface area contributed by atoms with E-state index in [1.54, 1.807) is 0 Å². The number of alkyl halides is 3. The summed E-state index contributed by atoms with van der Waals surface area (Å²) >= 11 is 0. The van der Waals surface area contributed by atoms with Crippen LogP contribution in [-0.4, -0.2) is 46.3 Å². The molecular formula is C12H11F4N3O3. The van der Waals surface area contributed by atoms with Gasteiger partial charge in [0.05, 0.1) is 23.7 Å². The van der Waals surface area contributed by atoms with E-state index in [0.29, 0.717) is 4.90 Å². The molecule has 0 aliphatic carbocycles. The molecule has 1 fully saturated rings. The van der Waals surface area contributed by atoms with Crippen LogP contribution >= 0.6 is 0 Å². The Morgan fingerprint density at radius 3 is 2.55 bits per heavy atom. The number of carbonyl (C=O) groups is 2. The van der Waals surface area contributed by atoms with Gasteiger partial charge in [0.1, 0.15) is 0 Å². The zero-order chi connectivity index (χ0) is 16.5. The largest absolute Gasteiger partial charge is 0.481 e. The second kappa shape index (κ2) is 5.78. The van der Waals surface area contributed by atoms with Crippen LogP contribution in [0.3, 0.4) is 0 Å². The van der Waals surface area contributed by atoms with Crippen molar-refractivity contribution in [2.45, 2.75) is 6.18 Å². The van der Waals surface area contributed by atoms with Gasteiger partial charge in [0, 0.05) is 19.3 Å². The molecule has 0 radical (unpaired) electrons. The van der Waals surface area contributed by atoms with Crippen LogP contribution in [0.25, 0.3) is 0 Å². The second-order valence-electron chi connectivity index (χ2n) is 4.78. The summed E-state index contributed by atoms with van der Waals surface area (Å²) in [5, 5.41) is 10.9. The molecular weight excluding hydrogens is 310 g/mol. The molecule has 6 nitrogen and oxygen atoms in total. The molecule has 1 saturated heterocycles. The third kappa shape index (κ3) is 3.26. The summed E-state index contributed by atoms with van der Waals surface area (Å²) in [6.07, 6.45) is -2.71. The molecule has 2 rings (SSSR count). The Balaban J connectivity index is 2.12. The lowest BCUT2D eigenvalue weighted by Crippen LogP contribution is -2.35. The van der Waals surface area contributed by atoms with Crippen molar-refractivity contribution in [3.63, 3.8) is 0 Å². The number of hydrogen-bond donors (Lipinski definition) is 2. The monoisotopic (exact) mass is 321 g/mol. The topological polar surface area (TPSA) is 82.5 Å². The number of anilines is 1. The summed E-state index contributed by atoms with van der Waals surface area (Å²) in [6.45, 7) is -1.39. The van der Waals surface area contributed by atoms with E-state index in [-0.39, 0.29) is 5.69 Å². The number of nitrogens with one attached hydrogen (secondary N) is 1. The van der Waals surface area contributed by atoms with Crippen LogP contribution in [0.15, 0.2) is 18.5 Å². The molecule has 2 N–H and O–H groups in total. The molecule has 120 valence electrons. The first-order chi connectivity index (χ1) is 10.2. The van der Waals surface area contributed by atoms with E-state index in [4.69, 9.17) is 5.11 Å².